The van der Waals surface area contributed by atoms with Crippen molar-refractivity contribution in [1.29, 1.82) is 0 Å². The fourth-order valence-corrected chi connectivity index (χ4v) is 0.354. The van der Waals surface area contributed by atoms with Gasteiger partial charge in [0, 0.05) is 6.61 Å². The molecular formula is C6H12BO2. The Morgan fingerprint density at radius 1 is 1.67 bits per heavy atom. The lowest BCUT2D eigenvalue weighted by Crippen LogP contribution is -2.01. The van der Waals surface area contributed by atoms with Crippen LogP contribution in [0.15, 0.2) is 12.8 Å². The van der Waals surface area contributed by atoms with Gasteiger partial charge in [-0.05, 0) is 6.42 Å². The van der Waals surface area contributed by atoms with E-state index in [1.165, 1.54) is 13.9 Å². The third-order valence-corrected chi connectivity index (χ3v) is 0.836. The van der Waals surface area contributed by atoms with Crippen LogP contribution in [0.25, 0.3) is 0 Å². The second-order valence-electron chi connectivity index (χ2n) is 1.62. The minimum Gasteiger partial charge on any atom is -0.544 e. The Labute approximate surface area is 57.2 Å². The van der Waals surface area contributed by atoms with Gasteiger partial charge in [-0.2, -0.15) is 0 Å². The van der Waals surface area contributed by atoms with Crippen LogP contribution in [-0.2, 0) is 9.31 Å². The highest BCUT2D eigenvalue weighted by atomic mass is 16.6. The van der Waals surface area contributed by atoms with E-state index < -0.39 is 0 Å². The fraction of sp³-hybridized carbons (Fsp3) is 0.667. The van der Waals surface area contributed by atoms with Crippen LogP contribution < -0.4 is 0 Å². The minimum absolute atomic E-state index is 0.727. The number of hydrogen-bond donors (Lipinski definition) is 0. The van der Waals surface area contributed by atoms with E-state index in [1.807, 2.05) is 0 Å². The highest BCUT2D eigenvalue weighted by molar-refractivity contribution is 6.18. The first-order valence-electron chi connectivity index (χ1n) is 3.11. The lowest BCUT2D eigenvalue weighted by molar-refractivity contribution is 0.268. The van der Waals surface area contributed by atoms with Crippen LogP contribution in [-0.4, -0.2) is 14.3 Å². The van der Waals surface area contributed by atoms with Crippen LogP contribution in [0.3, 0.4) is 0 Å². The third-order valence-electron chi connectivity index (χ3n) is 0.836. The number of unbranched alkanes of at least 4 members (excludes halogenated alkanes) is 1. The van der Waals surface area contributed by atoms with Crippen LogP contribution in [0, 0.1) is 0 Å². The van der Waals surface area contributed by atoms with E-state index in [1.54, 1.807) is 0 Å². The van der Waals surface area contributed by atoms with Crippen LogP contribution >= 0.6 is 0 Å². The van der Waals surface area contributed by atoms with Gasteiger partial charge in [-0.3, -0.25) is 0 Å². The van der Waals surface area contributed by atoms with Crippen LogP contribution in [0.5, 0.6) is 0 Å². The summed E-state index contributed by atoms with van der Waals surface area (Å²) in [5, 5.41) is 0. The maximum Gasteiger partial charge on any atom is 0.571 e. The van der Waals surface area contributed by atoms with Crippen molar-refractivity contribution in [2.75, 3.05) is 6.61 Å². The molecule has 0 spiro atoms. The standard InChI is InChI=1S/C6H12BO2/c1-3-5-6-9-7-8-4-2/h4H,2-3,5-6H2,1H3. The monoisotopic (exact) mass is 127 g/mol. The van der Waals surface area contributed by atoms with Crippen LogP contribution in [0.4, 0.5) is 0 Å². The normalized spacial score (nSPS) is 8.56. The van der Waals surface area contributed by atoms with Crippen molar-refractivity contribution in [3.05, 3.63) is 12.8 Å². The van der Waals surface area contributed by atoms with Gasteiger partial charge in [0.1, 0.15) is 0 Å². The van der Waals surface area contributed by atoms with Crippen molar-refractivity contribution in [3.63, 3.8) is 0 Å². The highest BCUT2D eigenvalue weighted by Crippen LogP contribution is 1.86. The second kappa shape index (κ2) is 7.56. The van der Waals surface area contributed by atoms with Gasteiger partial charge in [-0.1, -0.05) is 19.9 Å². The maximum absolute atomic E-state index is 4.90. The molecule has 0 saturated heterocycles. The highest BCUT2D eigenvalue weighted by Gasteiger charge is 1.89. The first-order valence-corrected chi connectivity index (χ1v) is 3.11. The SMILES string of the molecule is C=CO[B]OCCCC. The predicted molar refractivity (Wildman–Crippen MR) is 37.9 cm³/mol. The Morgan fingerprint density at radius 3 is 3.00 bits per heavy atom. The number of hydrogen-bond acceptors (Lipinski definition) is 2. The Balaban J connectivity index is 2.66. The van der Waals surface area contributed by atoms with Gasteiger partial charge in [0.2, 0.25) is 0 Å². The molecule has 0 bridgehead atoms. The summed E-state index contributed by atoms with van der Waals surface area (Å²) in [6.07, 6.45) is 3.53. The van der Waals surface area contributed by atoms with Gasteiger partial charge in [0.15, 0.2) is 0 Å². The Hall–Kier alpha value is -0.435. The van der Waals surface area contributed by atoms with Crippen molar-refractivity contribution in [2.24, 2.45) is 0 Å². The largest absolute Gasteiger partial charge is 0.571 e. The molecule has 0 aromatic rings. The molecule has 0 unspecified atom stereocenters. The summed E-state index contributed by atoms with van der Waals surface area (Å²) < 4.78 is 9.49. The van der Waals surface area contributed by atoms with Crippen molar-refractivity contribution < 1.29 is 9.31 Å². The predicted octanol–water partition coefficient (Wildman–Crippen LogP) is 1.50. The van der Waals surface area contributed by atoms with Crippen LogP contribution in [0.2, 0.25) is 0 Å². The van der Waals surface area contributed by atoms with E-state index in [0.29, 0.717) is 0 Å². The summed E-state index contributed by atoms with van der Waals surface area (Å²) in [6, 6.07) is 0. The molecule has 0 N–H and O–H groups in total. The molecule has 3 heteroatoms. The summed E-state index contributed by atoms with van der Waals surface area (Å²) >= 11 is 0. The molecule has 9 heavy (non-hydrogen) atoms. The zero-order valence-corrected chi connectivity index (χ0v) is 5.80. The quantitative estimate of drug-likeness (QED) is 0.305. The summed E-state index contributed by atoms with van der Waals surface area (Å²) in [5.41, 5.74) is 0. The average molecular weight is 127 g/mol. The fourth-order valence-electron chi connectivity index (χ4n) is 0.354. The van der Waals surface area contributed by atoms with Crippen molar-refractivity contribution in [2.45, 2.75) is 19.8 Å². The van der Waals surface area contributed by atoms with Gasteiger partial charge in [0.25, 0.3) is 0 Å². The van der Waals surface area contributed by atoms with E-state index in [9.17, 15) is 0 Å². The van der Waals surface area contributed by atoms with Crippen LogP contribution in [0.1, 0.15) is 19.8 Å². The lowest BCUT2D eigenvalue weighted by Gasteiger charge is -1.97. The minimum atomic E-state index is 0.727. The van der Waals surface area contributed by atoms with Crippen molar-refractivity contribution in [3.8, 4) is 0 Å². The van der Waals surface area contributed by atoms with E-state index >= 15 is 0 Å². The third kappa shape index (κ3) is 7.56. The molecule has 0 fully saturated rings. The zero-order chi connectivity index (χ0) is 6.95. The molecule has 51 valence electrons. The van der Waals surface area contributed by atoms with E-state index in [0.717, 1.165) is 19.4 Å². The molecule has 0 aliphatic carbocycles. The molecule has 0 aromatic carbocycles. The second-order valence-corrected chi connectivity index (χ2v) is 1.62. The van der Waals surface area contributed by atoms with Gasteiger partial charge in [0.05, 0.1) is 6.26 Å². The van der Waals surface area contributed by atoms with Gasteiger partial charge in [-0.25, -0.2) is 0 Å². The Bertz CT molecular complexity index is 66.1. The van der Waals surface area contributed by atoms with Gasteiger partial charge >= 0.3 is 7.69 Å². The molecular weight excluding hydrogens is 115 g/mol. The van der Waals surface area contributed by atoms with Gasteiger partial charge < -0.3 is 9.31 Å². The molecule has 0 aliphatic heterocycles. The average Bonchev–Trinajstić information content (AvgIpc) is 1.89. The van der Waals surface area contributed by atoms with E-state index in [-0.39, 0.29) is 0 Å². The molecule has 0 atom stereocenters. The van der Waals surface area contributed by atoms with E-state index in [4.69, 9.17) is 4.65 Å². The molecule has 0 heterocycles. The Kier molecular flexibility index (Phi) is 7.20. The molecule has 0 amide bonds. The topological polar surface area (TPSA) is 18.5 Å². The zero-order valence-electron chi connectivity index (χ0n) is 5.80. The summed E-state index contributed by atoms with van der Waals surface area (Å²) in [7, 11) is 1.29. The molecule has 2 nitrogen and oxygen atoms in total. The molecule has 0 aliphatic rings. The van der Waals surface area contributed by atoms with E-state index in [2.05, 4.69) is 18.2 Å². The van der Waals surface area contributed by atoms with Gasteiger partial charge in [-0.15, -0.1) is 0 Å². The van der Waals surface area contributed by atoms with Crippen molar-refractivity contribution in [1.82, 2.24) is 0 Å². The Morgan fingerprint density at radius 2 is 2.44 bits per heavy atom. The first kappa shape index (κ1) is 8.56. The molecule has 0 saturated carbocycles. The number of rotatable bonds is 6. The summed E-state index contributed by atoms with van der Waals surface area (Å²) in [4.78, 5) is 0. The molecule has 0 aromatic heterocycles. The summed E-state index contributed by atoms with van der Waals surface area (Å²) in [5.74, 6) is 0. The maximum atomic E-state index is 4.90. The summed E-state index contributed by atoms with van der Waals surface area (Å²) in [6.45, 7) is 6.18. The van der Waals surface area contributed by atoms with Crippen molar-refractivity contribution >= 4 is 7.69 Å². The smallest absolute Gasteiger partial charge is 0.544 e. The molecule has 1 radical (unpaired) electrons. The molecule has 0 rings (SSSR count). The first-order chi connectivity index (χ1) is 4.41. The lowest BCUT2D eigenvalue weighted by atomic mass is 10.3.